The Morgan fingerprint density at radius 1 is 1.06 bits per heavy atom. The average Bonchev–Trinajstić information content (AvgIpc) is 2.74. The van der Waals surface area contributed by atoms with Crippen LogP contribution in [-0.4, -0.2) is 35.9 Å². The molecule has 0 radical (unpaired) electrons. The van der Waals surface area contributed by atoms with Gasteiger partial charge in [-0.05, 0) is 51.0 Å². The molecule has 0 unspecified atom stereocenters. The summed E-state index contributed by atoms with van der Waals surface area (Å²) in [5.41, 5.74) is 1.80. The SMILES string of the molecule is CCNC(=O)[C@@H](CC)N(Cc1c(Cl)cccc1Cl)C(=O)CCCOc1ccc(C)cc1. The van der Waals surface area contributed by atoms with Crippen molar-refractivity contribution in [2.75, 3.05) is 13.2 Å². The summed E-state index contributed by atoms with van der Waals surface area (Å²) >= 11 is 12.7. The lowest BCUT2D eigenvalue weighted by Crippen LogP contribution is -2.49. The molecule has 2 aromatic carbocycles. The molecule has 0 saturated heterocycles. The van der Waals surface area contributed by atoms with E-state index in [1.807, 2.05) is 45.0 Å². The van der Waals surface area contributed by atoms with Gasteiger partial charge < -0.3 is 15.0 Å². The topological polar surface area (TPSA) is 58.6 Å². The molecule has 31 heavy (non-hydrogen) atoms. The minimum Gasteiger partial charge on any atom is -0.494 e. The van der Waals surface area contributed by atoms with Crippen molar-refractivity contribution in [1.29, 1.82) is 0 Å². The van der Waals surface area contributed by atoms with Gasteiger partial charge in [-0.15, -0.1) is 0 Å². The number of aryl methyl sites for hydroxylation is 1. The van der Waals surface area contributed by atoms with Crippen molar-refractivity contribution in [2.45, 2.75) is 52.6 Å². The normalized spacial score (nSPS) is 11.6. The van der Waals surface area contributed by atoms with Crippen molar-refractivity contribution >= 4 is 35.0 Å². The molecular formula is C24H30Cl2N2O3. The molecule has 0 saturated carbocycles. The first-order valence-corrected chi connectivity index (χ1v) is 11.3. The van der Waals surface area contributed by atoms with Crippen LogP contribution in [0.25, 0.3) is 0 Å². The summed E-state index contributed by atoms with van der Waals surface area (Å²) < 4.78 is 5.73. The van der Waals surface area contributed by atoms with Gasteiger partial charge in [-0.25, -0.2) is 0 Å². The first-order valence-electron chi connectivity index (χ1n) is 10.6. The van der Waals surface area contributed by atoms with Crippen LogP contribution in [0.15, 0.2) is 42.5 Å². The van der Waals surface area contributed by atoms with Crippen LogP contribution in [0.4, 0.5) is 0 Å². The molecule has 0 aliphatic heterocycles. The fourth-order valence-corrected chi connectivity index (χ4v) is 3.77. The third-order valence-corrected chi connectivity index (χ3v) is 5.66. The van der Waals surface area contributed by atoms with E-state index in [2.05, 4.69) is 5.32 Å². The Balaban J connectivity index is 2.09. The lowest BCUT2D eigenvalue weighted by molar-refractivity contribution is -0.141. The summed E-state index contributed by atoms with van der Waals surface area (Å²) in [7, 11) is 0. The Bertz CT molecular complexity index is 851. The van der Waals surface area contributed by atoms with Gasteiger partial charge in [-0.2, -0.15) is 0 Å². The third-order valence-electron chi connectivity index (χ3n) is 4.95. The van der Waals surface area contributed by atoms with Gasteiger partial charge in [-0.3, -0.25) is 9.59 Å². The largest absolute Gasteiger partial charge is 0.494 e. The zero-order valence-electron chi connectivity index (χ0n) is 18.3. The summed E-state index contributed by atoms with van der Waals surface area (Å²) in [6.45, 7) is 6.83. The molecule has 0 bridgehead atoms. The molecule has 7 heteroatoms. The molecule has 168 valence electrons. The van der Waals surface area contributed by atoms with Crippen molar-refractivity contribution in [3.8, 4) is 5.75 Å². The third kappa shape index (κ3) is 7.44. The second-order valence-corrected chi connectivity index (χ2v) is 8.12. The van der Waals surface area contributed by atoms with Gasteiger partial charge in [0.05, 0.1) is 6.61 Å². The van der Waals surface area contributed by atoms with Gasteiger partial charge in [0.25, 0.3) is 0 Å². The Morgan fingerprint density at radius 3 is 2.29 bits per heavy atom. The first-order chi connectivity index (χ1) is 14.9. The molecule has 0 aliphatic carbocycles. The monoisotopic (exact) mass is 464 g/mol. The highest BCUT2D eigenvalue weighted by Gasteiger charge is 2.29. The maximum absolute atomic E-state index is 13.1. The number of likely N-dealkylation sites (N-methyl/N-ethyl adjacent to an activating group) is 1. The van der Waals surface area contributed by atoms with Crippen LogP contribution in [0.3, 0.4) is 0 Å². The maximum Gasteiger partial charge on any atom is 0.242 e. The van der Waals surface area contributed by atoms with E-state index in [1.54, 1.807) is 23.1 Å². The molecule has 0 spiro atoms. The molecule has 1 N–H and O–H groups in total. The number of nitrogens with zero attached hydrogens (tertiary/aromatic N) is 1. The van der Waals surface area contributed by atoms with E-state index in [4.69, 9.17) is 27.9 Å². The van der Waals surface area contributed by atoms with Crippen molar-refractivity contribution in [1.82, 2.24) is 10.2 Å². The Hall–Kier alpha value is -2.24. The molecule has 2 aromatic rings. The maximum atomic E-state index is 13.1. The van der Waals surface area contributed by atoms with E-state index in [0.717, 1.165) is 11.3 Å². The predicted molar refractivity (Wildman–Crippen MR) is 126 cm³/mol. The molecule has 0 fully saturated rings. The second kappa shape index (κ2) is 12.6. The van der Waals surface area contributed by atoms with Gasteiger partial charge in [0.1, 0.15) is 11.8 Å². The van der Waals surface area contributed by atoms with Crippen LogP contribution in [0.5, 0.6) is 5.75 Å². The van der Waals surface area contributed by atoms with E-state index in [1.165, 1.54) is 0 Å². The number of hydrogen-bond donors (Lipinski definition) is 1. The molecule has 0 aromatic heterocycles. The highest BCUT2D eigenvalue weighted by atomic mass is 35.5. The summed E-state index contributed by atoms with van der Waals surface area (Å²) in [5.74, 6) is 0.450. The van der Waals surface area contributed by atoms with Crippen LogP contribution in [0.1, 0.15) is 44.2 Å². The second-order valence-electron chi connectivity index (χ2n) is 7.31. The molecule has 5 nitrogen and oxygen atoms in total. The Kier molecular flexibility index (Phi) is 10.2. The number of rotatable bonds is 11. The highest BCUT2D eigenvalue weighted by Crippen LogP contribution is 2.27. The number of benzene rings is 2. The average molecular weight is 465 g/mol. The standard InChI is InChI=1S/C24H30Cl2N2O3/c1-4-22(24(30)27-5-2)28(16-19-20(25)8-6-9-21(19)26)23(29)10-7-15-31-18-13-11-17(3)12-14-18/h6,8-9,11-14,22H,4-5,7,10,15-16H2,1-3H3,(H,27,30)/t22-/m1/s1. The molecule has 1 atom stereocenters. The summed E-state index contributed by atoms with van der Waals surface area (Å²) in [6.07, 6.45) is 1.27. The van der Waals surface area contributed by atoms with E-state index in [-0.39, 0.29) is 24.8 Å². The Labute approximate surface area is 194 Å². The molecule has 0 aliphatic rings. The van der Waals surface area contributed by atoms with Gasteiger partial charge in [0.15, 0.2) is 0 Å². The fourth-order valence-electron chi connectivity index (χ4n) is 3.26. The number of carbonyl (C=O) groups is 2. The predicted octanol–water partition coefficient (Wildman–Crippen LogP) is 5.40. The van der Waals surface area contributed by atoms with Gasteiger partial charge in [-0.1, -0.05) is 53.9 Å². The van der Waals surface area contributed by atoms with Crippen LogP contribution < -0.4 is 10.1 Å². The number of ether oxygens (including phenoxy) is 1. The molecule has 0 heterocycles. The van der Waals surface area contributed by atoms with Crippen molar-refractivity contribution in [2.24, 2.45) is 0 Å². The zero-order chi connectivity index (χ0) is 22.8. The number of carbonyl (C=O) groups excluding carboxylic acids is 2. The van der Waals surface area contributed by atoms with Crippen molar-refractivity contribution in [3.05, 3.63) is 63.6 Å². The van der Waals surface area contributed by atoms with Crippen molar-refractivity contribution < 1.29 is 14.3 Å². The molecule has 2 rings (SSSR count). The summed E-state index contributed by atoms with van der Waals surface area (Å²) in [5, 5.41) is 3.76. The Morgan fingerprint density at radius 2 is 1.71 bits per heavy atom. The minimum absolute atomic E-state index is 0.137. The number of nitrogens with one attached hydrogen (secondary N) is 1. The lowest BCUT2D eigenvalue weighted by atomic mass is 10.1. The van der Waals surface area contributed by atoms with Gasteiger partial charge in [0, 0.05) is 35.1 Å². The number of amides is 2. The van der Waals surface area contributed by atoms with E-state index >= 15 is 0 Å². The van der Waals surface area contributed by atoms with Crippen LogP contribution in [0.2, 0.25) is 10.0 Å². The fraction of sp³-hybridized carbons (Fsp3) is 0.417. The van der Waals surface area contributed by atoms with Gasteiger partial charge >= 0.3 is 0 Å². The number of halogens is 2. The molecule has 2 amide bonds. The first kappa shape index (κ1) is 25.0. The zero-order valence-corrected chi connectivity index (χ0v) is 19.8. The highest BCUT2D eigenvalue weighted by molar-refractivity contribution is 6.36. The van der Waals surface area contributed by atoms with E-state index in [0.29, 0.717) is 41.6 Å². The van der Waals surface area contributed by atoms with E-state index in [9.17, 15) is 9.59 Å². The smallest absolute Gasteiger partial charge is 0.242 e. The van der Waals surface area contributed by atoms with Crippen molar-refractivity contribution in [3.63, 3.8) is 0 Å². The van der Waals surface area contributed by atoms with Crippen LogP contribution >= 0.6 is 23.2 Å². The van der Waals surface area contributed by atoms with Crippen LogP contribution in [0, 0.1) is 6.92 Å². The lowest BCUT2D eigenvalue weighted by Gasteiger charge is -2.31. The minimum atomic E-state index is -0.599. The molecular weight excluding hydrogens is 435 g/mol. The summed E-state index contributed by atoms with van der Waals surface area (Å²) in [4.78, 5) is 27.3. The van der Waals surface area contributed by atoms with Crippen LogP contribution in [-0.2, 0) is 16.1 Å². The summed E-state index contributed by atoms with van der Waals surface area (Å²) in [6, 6.07) is 12.4. The van der Waals surface area contributed by atoms with E-state index < -0.39 is 6.04 Å². The number of hydrogen-bond acceptors (Lipinski definition) is 3. The quantitative estimate of drug-likeness (QED) is 0.452. The van der Waals surface area contributed by atoms with Gasteiger partial charge in [0.2, 0.25) is 11.8 Å².